The summed E-state index contributed by atoms with van der Waals surface area (Å²) < 4.78 is 14.8. The van der Waals surface area contributed by atoms with Crippen molar-refractivity contribution in [2.24, 2.45) is 0 Å². The smallest absolute Gasteiger partial charge is 0.335 e. The quantitative estimate of drug-likeness (QED) is 0.452. The maximum absolute atomic E-state index is 11.1. The van der Waals surface area contributed by atoms with Gasteiger partial charge < -0.3 is 14.2 Å². The standard InChI is InChI=1S/C12H12O5/c1-4-12(14)17-11-7-9(15-3)5-6-10(11)16-8(2)13/h4-7H,1H2,2-3H3. The van der Waals surface area contributed by atoms with Gasteiger partial charge in [0.15, 0.2) is 11.5 Å². The summed E-state index contributed by atoms with van der Waals surface area (Å²) in [6.45, 7) is 4.53. The van der Waals surface area contributed by atoms with Crippen molar-refractivity contribution in [1.29, 1.82) is 0 Å². The third-order valence-electron chi connectivity index (χ3n) is 1.78. The molecule has 0 aliphatic heterocycles. The summed E-state index contributed by atoms with van der Waals surface area (Å²) in [5.74, 6) is -0.427. The van der Waals surface area contributed by atoms with Gasteiger partial charge in [-0.1, -0.05) is 6.58 Å². The molecule has 1 rings (SSSR count). The topological polar surface area (TPSA) is 61.8 Å². The summed E-state index contributed by atoms with van der Waals surface area (Å²) in [5, 5.41) is 0. The van der Waals surface area contributed by atoms with Crippen LogP contribution in [0.3, 0.4) is 0 Å². The summed E-state index contributed by atoms with van der Waals surface area (Å²) in [5.41, 5.74) is 0. The zero-order valence-corrected chi connectivity index (χ0v) is 9.56. The molecule has 0 fully saturated rings. The van der Waals surface area contributed by atoms with Crippen LogP contribution in [-0.4, -0.2) is 19.0 Å². The van der Waals surface area contributed by atoms with Crippen molar-refractivity contribution in [1.82, 2.24) is 0 Å². The predicted molar refractivity (Wildman–Crippen MR) is 60.1 cm³/mol. The third kappa shape index (κ3) is 3.64. The van der Waals surface area contributed by atoms with Gasteiger partial charge in [-0.3, -0.25) is 4.79 Å². The lowest BCUT2D eigenvalue weighted by atomic mass is 10.3. The average Bonchev–Trinajstić information content (AvgIpc) is 2.30. The largest absolute Gasteiger partial charge is 0.497 e. The molecule has 0 saturated heterocycles. The van der Waals surface area contributed by atoms with Crippen LogP contribution >= 0.6 is 0 Å². The number of esters is 2. The van der Waals surface area contributed by atoms with Crippen molar-refractivity contribution < 1.29 is 23.8 Å². The van der Waals surface area contributed by atoms with Crippen molar-refractivity contribution in [3.63, 3.8) is 0 Å². The van der Waals surface area contributed by atoms with Crippen LogP contribution in [-0.2, 0) is 9.59 Å². The number of carbonyl (C=O) groups excluding carboxylic acids is 2. The van der Waals surface area contributed by atoms with Crippen LogP contribution in [0.1, 0.15) is 6.92 Å². The van der Waals surface area contributed by atoms with Gasteiger partial charge in [0.2, 0.25) is 0 Å². The van der Waals surface area contributed by atoms with Gasteiger partial charge in [0.05, 0.1) is 7.11 Å². The molecule has 0 aliphatic carbocycles. The first-order chi connectivity index (χ1) is 8.06. The Balaban J connectivity index is 3.06. The Morgan fingerprint density at radius 3 is 2.47 bits per heavy atom. The molecule has 0 heterocycles. The fourth-order valence-corrected chi connectivity index (χ4v) is 1.08. The first kappa shape index (κ1) is 12.8. The van der Waals surface area contributed by atoms with E-state index < -0.39 is 11.9 Å². The third-order valence-corrected chi connectivity index (χ3v) is 1.78. The zero-order valence-electron chi connectivity index (χ0n) is 9.56. The number of hydrogen-bond donors (Lipinski definition) is 0. The Labute approximate surface area is 98.6 Å². The fraction of sp³-hybridized carbons (Fsp3) is 0.167. The van der Waals surface area contributed by atoms with Gasteiger partial charge in [-0.25, -0.2) is 4.79 Å². The molecular weight excluding hydrogens is 224 g/mol. The highest BCUT2D eigenvalue weighted by molar-refractivity contribution is 5.84. The predicted octanol–water partition coefficient (Wildman–Crippen LogP) is 1.71. The molecule has 90 valence electrons. The number of carbonyl (C=O) groups is 2. The Kier molecular flexibility index (Phi) is 4.28. The number of hydrogen-bond acceptors (Lipinski definition) is 5. The molecule has 0 spiro atoms. The van der Waals surface area contributed by atoms with E-state index in [4.69, 9.17) is 14.2 Å². The molecule has 0 unspecified atom stereocenters. The molecular formula is C12H12O5. The monoisotopic (exact) mass is 236 g/mol. The van der Waals surface area contributed by atoms with Crippen molar-refractivity contribution in [2.75, 3.05) is 7.11 Å². The lowest BCUT2D eigenvalue weighted by Gasteiger charge is -2.09. The summed E-state index contributed by atoms with van der Waals surface area (Å²) in [6.07, 6.45) is 1.01. The van der Waals surface area contributed by atoms with E-state index in [0.717, 1.165) is 6.08 Å². The van der Waals surface area contributed by atoms with Gasteiger partial charge in [-0.15, -0.1) is 0 Å². The van der Waals surface area contributed by atoms with E-state index in [9.17, 15) is 9.59 Å². The molecule has 5 nitrogen and oxygen atoms in total. The molecule has 1 aromatic rings. The number of benzene rings is 1. The van der Waals surface area contributed by atoms with E-state index >= 15 is 0 Å². The van der Waals surface area contributed by atoms with E-state index in [1.165, 1.54) is 26.2 Å². The van der Waals surface area contributed by atoms with Crippen molar-refractivity contribution >= 4 is 11.9 Å². The van der Waals surface area contributed by atoms with Crippen molar-refractivity contribution in [3.8, 4) is 17.2 Å². The molecule has 1 aromatic carbocycles. The van der Waals surface area contributed by atoms with E-state index in [-0.39, 0.29) is 11.5 Å². The summed E-state index contributed by atoms with van der Waals surface area (Å²) in [4.78, 5) is 22.0. The maximum atomic E-state index is 11.1. The minimum absolute atomic E-state index is 0.101. The van der Waals surface area contributed by atoms with Crippen LogP contribution in [0.4, 0.5) is 0 Å². The molecule has 0 atom stereocenters. The Hall–Kier alpha value is -2.30. The van der Waals surface area contributed by atoms with Gasteiger partial charge in [-0.05, 0) is 12.1 Å². The Morgan fingerprint density at radius 2 is 1.94 bits per heavy atom. The average molecular weight is 236 g/mol. The van der Waals surface area contributed by atoms with Crippen LogP contribution in [0.5, 0.6) is 17.2 Å². The highest BCUT2D eigenvalue weighted by Crippen LogP contribution is 2.31. The second-order valence-electron chi connectivity index (χ2n) is 3.03. The van der Waals surface area contributed by atoms with E-state index in [0.29, 0.717) is 5.75 Å². The molecule has 17 heavy (non-hydrogen) atoms. The molecule has 0 radical (unpaired) electrons. The number of rotatable bonds is 4. The van der Waals surface area contributed by atoms with Crippen LogP contribution in [0.25, 0.3) is 0 Å². The van der Waals surface area contributed by atoms with Crippen LogP contribution < -0.4 is 14.2 Å². The molecule has 0 saturated carbocycles. The van der Waals surface area contributed by atoms with Crippen LogP contribution in [0.2, 0.25) is 0 Å². The van der Waals surface area contributed by atoms with E-state index in [1.807, 2.05) is 0 Å². The zero-order chi connectivity index (χ0) is 12.8. The van der Waals surface area contributed by atoms with Gasteiger partial charge in [0.1, 0.15) is 5.75 Å². The van der Waals surface area contributed by atoms with E-state index in [1.54, 1.807) is 6.07 Å². The fourth-order valence-electron chi connectivity index (χ4n) is 1.08. The molecule has 0 aromatic heterocycles. The van der Waals surface area contributed by atoms with Crippen molar-refractivity contribution in [2.45, 2.75) is 6.92 Å². The maximum Gasteiger partial charge on any atom is 0.335 e. The molecule has 5 heteroatoms. The van der Waals surface area contributed by atoms with E-state index in [2.05, 4.69) is 6.58 Å². The number of methoxy groups -OCH3 is 1. The SMILES string of the molecule is C=CC(=O)Oc1cc(OC)ccc1OC(C)=O. The van der Waals surface area contributed by atoms with Gasteiger partial charge in [0.25, 0.3) is 0 Å². The van der Waals surface area contributed by atoms with Gasteiger partial charge in [-0.2, -0.15) is 0 Å². The van der Waals surface area contributed by atoms with Crippen LogP contribution in [0, 0.1) is 0 Å². The molecule has 0 aliphatic rings. The lowest BCUT2D eigenvalue weighted by molar-refractivity contribution is -0.133. The molecule has 0 amide bonds. The normalized spacial score (nSPS) is 9.29. The summed E-state index contributed by atoms with van der Waals surface area (Å²) in [7, 11) is 1.47. The second-order valence-corrected chi connectivity index (χ2v) is 3.03. The minimum atomic E-state index is -0.647. The summed E-state index contributed by atoms with van der Waals surface area (Å²) in [6, 6.07) is 4.51. The van der Waals surface area contributed by atoms with Crippen LogP contribution in [0.15, 0.2) is 30.9 Å². The Morgan fingerprint density at radius 1 is 1.24 bits per heavy atom. The summed E-state index contributed by atoms with van der Waals surface area (Å²) >= 11 is 0. The second kappa shape index (κ2) is 5.69. The van der Waals surface area contributed by atoms with Crippen molar-refractivity contribution in [3.05, 3.63) is 30.9 Å². The van der Waals surface area contributed by atoms with Gasteiger partial charge >= 0.3 is 11.9 Å². The minimum Gasteiger partial charge on any atom is -0.497 e. The highest BCUT2D eigenvalue weighted by atomic mass is 16.6. The first-order valence-electron chi connectivity index (χ1n) is 4.77. The van der Waals surface area contributed by atoms with Gasteiger partial charge in [0, 0.05) is 19.1 Å². The molecule has 0 bridgehead atoms. The highest BCUT2D eigenvalue weighted by Gasteiger charge is 2.11. The Bertz CT molecular complexity index is 450. The first-order valence-corrected chi connectivity index (χ1v) is 4.77. The molecule has 0 N–H and O–H groups in total. The lowest BCUT2D eigenvalue weighted by Crippen LogP contribution is -2.08. The number of ether oxygens (including phenoxy) is 3.